The number of ether oxygens (including phenoxy) is 1. The highest BCUT2D eigenvalue weighted by Crippen LogP contribution is 2.32. The molecule has 0 fully saturated rings. The topological polar surface area (TPSA) is 70.1 Å². The maximum atomic E-state index is 12.6. The van der Waals surface area contributed by atoms with Gasteiger partial charge in [-0.25, -0.2) is 4.98 Å². The van der Waals surface area contributed by atoms with Gasteiger partial charge in [0.2, 0.25) is 0 Å². The van der Waals surface area contributed by atoms with Crippen molar-refractivity contribution in [3.63, 3.8) is 0 Å². The second-order valence-electron chi connectivity index (χ2n) is 4.78. The minimum Gasteiger partial charge on any atom is -0.496 e. The molecule has 6 heteroatoms. The van der Waals surface area contributed by atoms with Crippen LogP contribution >= 0.6 is 11.8 Å². The zero-order valence-electron chi connectivity index (χ0n) is 11.8. The molecule has 0 unspecified atom stereocenters. The van der Waals surface area contributed by atoms with E-state index >= 15 is 0 Å². The fourth-order valence-corrected chi connectivity index (χ4v) is 3.46. The van der Waals surface area contributed by atoms with Crippen molar-refractivity contribution in [2.24, 2.45) is 5.73 Å². The van der Waals surface area contributed by atoms with Crippen LogP contribution in [0.1, 0.15) is 12.0 Å². The third kappa shape index (κ3) is 2.45. The molecule has 2 aromatic rings. The van der Waals surface area contributed by atoms with Crippen molar-refractivity contribution in [1.82, 2.24) is 9.55 Å². The molecule has 0 bridgehead atoms. The molecule has 0 saturated carbocycles. The summed E-state index contributed by atoms with van der Waals surface area (Å²) in [6.07, 6.45) is 0.983. The van der Waals surface area contributed by atoms with Crippen LogP contribution in [0.25, 0.3) is 11.3 Å². The average Bonchev–Trinajstić information content (AvgIpc) is 2.54. The molecule has 0 spiro atoms. The number of para-hydroxylation sites is 1. The summed E-state index contributed by atoms with van der Waals surface area (Å²) < 4.78 is 7.12. The summed E-state index contributed by atoms with van der Waals surface area (Å²) in [5.41, 5.74) is 7.78. The van der Waals surface area contributed by atoms with Gasteiger partial charge in [-0.1, -0.05) is 23.9 Å². The Morgan fingerprint density at radius 2 is 2.24 bits per heavy atom. The van der Waals surface area contributed by atoms with Crippen LogP contribution in [0.4, 0.5) is 0 Å². The van der Waals surface area contributed by atoms with Gasteiger partial charge in [-0.05, 0) is 18.6 Å². The van der Waals surface area contributed by atoms with Gasteiger partial charge in [0.1, 0.15) is 5.75 Å². The van der Waals surface area contributed by atoms with Crippen LogP contribution in [0.15, 0.2) is 34.2 Å². The second-order valence-corrected chi connectivity index (χ2v) is 5.85. The molecule has 1 aromatic carbocycles. The Balaban J connectivity index is 2.27. The van der Waals surface area contributed by atoms with Gasteiger partial charge in [-0.15, -0.1) is 0 Å². The molecule has 0 atom stereocenters. The predicted molar refractivity (Wildman–Crippen MR) is 83.7 cm³/mol. The molecule has 0 aliphatic carbocycles. The number of nitrogens with zero attached hydrogens (tertiary/aromatic N) is 2. The molecule has 1 aliphatic rings. The first-order valence-corrected chi connectivity index (χ1v) is 7.84. The van der Waals surface area contributed by atoms with Gasteiger partial charge in [0.25, 0.3) is 5.56 Å². The van der Waals surface area contributed by atoms with E-state index in [0.29, 0.717) is 23.6 Å². The predicted octanol–water partition coefficient (Wildman–Crippen LogP) is 1.87. The molecular weight excluding hydrogens is 286 g/mol. The third-order valence-corrected chi connectivity index (χ3v) is 4.61. The van der Waals surface area contributed by atoms with Crippen molar-refractivity contribution in [1.29, 1.82) is 0 Å². The van der Waals surface area contributed by atoms with E-state index in [1.165, 1.54) is 0 Å². The van der Waals surface area contributed by atoms with Crippen LogP contribution < -0.4 is 16.0 Å². The summed E-state index contributed by atoms with van der Waals surface area (Å²) in [6, 6.07) is 7.57. The van der Waals surface area contributed by atoms with E-state index in [2.05, 4.69) is 4.98 Å². The first-order valence-electron chi connectivity index (χ1n) is 6.86. The minimum atomic E-state index is -0.0318. The summed E-state index contributed by atoms with van der Waals surface area (Å²) in [5.74, 6) is 1.68. The molecule has 0 radical (unpaired) electrons. The lowest BCUT2D eigenvalue weighted by Crippen LogP contribution is -2.31. The first kappa shape index (κ1) is 14.2. The summed E-state index contributed by atoms with van der Waals surface area (Å²) >= 11 is 1.61. The zero-order valence-corrected chi connectivity index (χ0v) is 12.7. The summed E-state index contributed by atoms with van der Waals surface area (Å²) in [5, 5.41) is 0.768. The summed E-state index contributed by atoms with van der Waals surface area (Å²) in [4.78, 5) is 17.3. The van der Waals surface area contributed by atoms with Crippen LogP contribution in [-0.2, 0) is 13.1 Å². The molecule has 2 heterocycles. The summed E-state index contributed by atoms with van der Waals surface area (Å²) in [6.45, 7) is 0.886. The Labute approximate surface area is 127 Å². The van der Waals surface area contributed by atoms with Gasteiger partial charge in [0, 0.05) is 24.4 Å². The normalized spacial score (nSPS) is 13.8. The molecule has 0 amide bonds. The number of rotatable bonds is 3. The quantitative estimate of drug-likeness (QED) is 0.877. The third-order valence-electron chi connectivity index (χ3n) is 3.55. The number of methoxy groups -OCH3 is 1. The Morgan fingerprint density at radius 1 is 1.43 bits per heavy atom. The average molecular weight is 303 g/mol. The van der Waals surface area contributed by atoms with Crippen molar-refractivity contribution in [3.8, 4) is 17.0 Å². The number of thioether (sulfide) groups is 1. The van der Waals surface area contributed by atoms with E-state index in [0.717, 1.165) is 22.9 Å². The van der Waals surface area contributed by atoms with Crippen LogP contribution in [-0.4, -0.2) is 22.4 Å². The van der Waals surface area contributed by atoms with E-state index in [1.807, 2.05) is 24.3 Å². The van der Waals surface area contributed by atoms with Crippen molar-refractivity contribution in [2.75, 3.05) is 12.9 Å². The van der Waals surface area contributed by atoms with Crippen molar-refractivity contribution in [3.05, 3.63) is 40.2 Å². The maximum Gasteiger partial charge on any atom is 0.259 e. The molecule has 21 heavy (non-hydrogen) atoms. The van der Waals surface area contributed by atoms with E-state index in [9.17, 15) is 4.79 Å². The Bertz CT molecular complexity index is 727. The first-order chi connectivity index (χ1) is 10.3. The van der Waals surface area contributed by atoms with Gasteiger partial charge in [-0.2, -0.15) is 0 Å². The van der Waals surface area contributed by atoms with Crippen molar-refractivity contribution in [2.45, 2.75) is 24.7 Å². The molecule has 1 aromatic heterocycles. The zero-order chi connectivity index (χ0) is 14.8. The molecule has 5 nitrogen and oxygen atoms in total. The molecule has 2 N–H and O–H groups in total. The number of fused-ring (bicyclic) bond motifs is 1. The number of aromatic nitrogens is 2. The number of nitrogens with two attached hydrogens (primary N) is 1. The van der Waals surface area contributed by atoms with Crippen molar-refractivity contribution >= 4 is 11.8 Å². The molecule has 1 aliphatic heterocycles. The Hall–Kier alpha value is -1.79. The smallest absolute Gasteiger partial charge is 0.259 e. The fraction of sp³-hybridized carbons (Fsp3) is 0.333. The Kier molecular flexibility index (Phi) is 3.98. The van der Waals surface area contributed by atoms with Crippen LogP contribution in [0.5, 0.6) is 5.75 Å². The van der Waals surface area contributed by atoms with E-state index in [1.54, 1.807) is 23.4 Å². The number of benzene rings is 1. The van der Waals surface area contributed by atoms with Gasteiger partial charge in [0.05, 0.1) is 18.4 Å². The standard InChI is InChI=1S/C15H17N3O2S/c1-20-12-6-3-2-5-10(12)13-11(9-16)14(19)18-7-4-8-21-15(18)17-13/h2-3,5-6H,4,7-9,16H2,1H3. The molecule has 110 valence electrons. The highest BCUT2D eigenvalue weighted by molar-refractivity contribution is 7.99. The number of hydrogen-bond donors (Lipinski definition) is 1. The van der Waals surface area contributed by atoms with Gasteiger partial charge in [0.15, 0.2) is 5.16 Å². The minimum absolute atomic E-state index is 0.0318. The lowest BCUT2D eigenvalue weighted by molar-refractivity contribution is 0.416. The Morgan fingerprint density at radius 3 is 3.00 bits per heavy atom. The number of hydrogen-bond acceptors (Lipinski definition) is 5. The van der Waals surface area contributed by atoms with E-state index in [-0.39, 0.29) is 12.1 Å². The van der Waals surface area contributed by atoms with E-state index in [4.69, 9.17) is 10.5 Å². The lowest BCUT2D eigenvalue weighted by atomic mass is 10.1. The fourth-order valence-electron chi connectivity index (χ4n) is 2.52. The van der Waals surface area contributed by atoms with E-state index < -0.39 is 0 Å². The van der Waals surface area contributed by atoms with Gasteiger partial charge >= 0.3 is 0 Å². The highest BCUT2D eigenvalue weighted by Gasteiger charge is 2.21. The molecular formula is C15H17N3O2S. The molecule has 0 saturated heterocycles. The summed E-state index contributed by atoms with van der Waals surface area (Å²) in [7, 11) is 1.61. The lowest BCUT2D eigenvalue weighted by Gasteiger charge is -2.20. The van der Waals surface area contributed by atoms with Crippen LogP contribution in [0.3, 0.4) is 0 Å². The van der Waals surface area contributed by atoms with Crippen LogP contribution in [0, 0.1) is 0 Å². The highest BCUT2D eigenvalue weighted by atomic mass is 32.2. The van der Waals surface area contributed by atoms with Crippen molar-refractivity contribution < 1.29 is 4.74 Å². The van der Waals surface area contributed by atoms with Gasteiger partial charge in [-0.3, -0.25) is 9.36 Å². The van der Waals surface area contributed by atoms with Gasteiger partial charge < -0.3 is 10.5 Å². The molecule has 3 rings (SSSR count). The monoisotopic (exact) mass is 303 g/mol. The SMILES string of the molecule is COc1ccccc1-c1nc2n(c(=O)c1CN)CCCS2. The largest absolute Gasteiger partial charge is 0.496 e. The van der Waals surface area contributed by atoms with Crippen LogP contribution in [0.2, 0.25) is 0 Å². The maximum absolute atomic E-state index is 12.6. The second kappa shape index (κ2) is 5.91.